The first kappa shape index (κ1) is 20.3. The van der Waals surface area contributed by atoms with Gasteiger partial charge in [-0.1, -0.05) is 23.2 Å². The van der Waals surface area contributed by atoms with Gasteiger partial charge in [-0.25, -0.2) is 9.97 Å². The van der Waals surface area contributed by atoms with Gasteiger partial charge in [0.05, 0.1) is 16.2 Å². The molecule has 2 aliphatic rings. The van der Waals surface area contributed by atoms with E-state index in [1.165, 1.54) is 0 Å². The number of nitrogens with zero attached hydrogens (tertiary/aromatic N) is 3. The van der Waals surface area contributed by atoms with Crippen molar-refractivity contribution in [1.82, 2.24) is 15.3 Å². The van der Waals surface area contributed by atoms with Gasteiger partial charge < -0.3 is 20.3 Å². The Labute approximate surface area is 189 Å². The largest absolute Gasteiger partial charge is 0.482 e. The molecule has 2 saturated heterocycles. The van der Waals surface area contributed by atoms with E-state index < -0.39 is 0 Å². The first-order valence-electron chi connectivity index (χ1n) is 10.1. The van der Waals surface area contributed by atoms with Crippen LogP contribution in [0.5, 0.6) is 5.75 Å². The molecule has 0 radical (unpaired) electrons. The Morgan fingerprint density at radius 2 is 2.13 bits per heavy atom. The number of carbonyl (C=O) groups excluding carboxylic acids is 1. The lowest BCUT2D eigenvalue weighted by Gasteiger charge is -2.27. The fraction of sp³-hybridized carbons (Fsp3) is 0.318. The van der Waals surface area contributed by atoms with Gasteiger partial charge >= 0.3 is 0 Å². The highest BCUT2D eigenvalue weighted by Gasteiger charge is 2.39. The summed E-state index contributed by atoms with van der Waals surface area (Å²) >= 11 is 11.9. The van der Waals surface area contributed by atoms with E-state index in [1.54, 1.807) is 18.2 Å². The van der Waals surface area contributed by atoms with Crippen LogP contribution in [0.2, 0.25) is 10.0 Å². The molecule has 2 aliphatic heterocycles. The Bertz CT molecular complexity index is 1170. The third-order valence-corrected chi connectivity index (χ3v) is 6.25. The molecule has 3 aromatic rings. The van der Waals surface area contributed by atoms with E-state index in [0.717, 1.165) is 42.1 Å². The summed E-state index contributed by atoms with van der Waals surface area (Å²) in [4.78, 5) is 24.1. The molecule has 1 amide bonds. The van der Waals surface area contributed by atoms with Gasteiger partial charge in [0, 0.05) is 41.3 Å². The number of anilines is 2. The maximum atomic E-state index is 12.3. The van der Waals surface area contributed by atoms with Crippen molar-refractivity contribution in [3.8, 4) is 5.75 Å². The molecule has 9 heteroatoms. The van der Waals surface area contributed by atoms with E-state index in [-0.39, 0.29) is 12.5 Å². The van der Waals surface area contributed by atoms with Crippen LogP contribution in [0.3, 0.4) is 0 Å². The standard InChI is InChI=1S/C22H21Cl2N5O2/c1-12-17-8-14(27-21(30)11-31-20-5-2-13(23)6-18(20)24)3-4-19(17)28-22(26-12)29-10-15-7-16(29)9-25-15/h2-6,8,15-16,25H,7,9-11H2,1H3,(H,27,30). The third-order valence-electron chi connectivity index (χ3n) is 5.72. The molecule has 2 bridgehead atoms. The lowest BCUT2D eigenvalue weighted by atomic mass is 10.1. The van der Waals surface area contributed by atoms with E-state index in [4.69, 9.17) is 37.9 Å². The van der Waals surface area contributed by atoms with Crippen LogP contribution in [0, 0.1) is 6.92 Å². The second-order valence-corrected chi connectivity index (χ2v) is 8.74. The zero-order chi connectivity index (χ0) is 21.5. The molecular weight excluding hydrogens is 437 g/mol. The number of hydrogen-bond donors (Lipinski definition) is 2. The van der Waals surface area contributed by atoms with E-state index in [1.807, 2.05) is 25.1 Å². The topological polar surface area (TPSA) is 79.4 Å². The number of amides is 1. The summed E-state index contributed by atoms with van der Waals surface area (Å²) in [6.07, 6.45) is 1.15. The fourth-order valence-corrected chi connectivity index (χ4v) is 4.67. The van der Waals surface area contributed by atoms with Crippen molar-refractivity contribution < 1.29 is 9.53 Å². The first-order valence-corrected chi connectivity index (χ1v) is 10.9. The molecule has 0 aliphatic carbocycles. The molecule has 160 valence electrons. The number of nitrogens with one attached hydrogen (secondary N) is 2. The van der Waals surface area contributed by atoms with E-state index >= 15 is 0 Å². The second-order valence-electron chi connectivity index (χ2n) is 7.90. The Kier molecular flexibility index (Phi) is 5.33. The summed E-state index contributed by atoms with van der Waals surface area (Å²) in [5.41, 5.74) is 2.41. The van der Waals surface area contributed by atoms with Gasteiger partial charge in [0.2, 0.25) is 5.95 Å². The van der Waals surface area contributed by atoms with Crippen LogP contribution in [-0.4, -0.2) is 47.7 Å². The highest BCUT2D eigenvalue weighted by Crippen LogP contribution is 2.30. The number of piperazine rings is 1. The van der Waals surface area contributed by atoms with Gasteiger partial charge in [-0.2, -0.15) is 0 Å². The molecule has 0 saturated carbocycles. The van der Waals surface area contributed by atoms with Crippen molar-refractivity contribution in [3.05, 3.63) is 52.1 Å². The van der Waals surface area contributed by atoms with Gasteiger partial charge in [-0.15, -0.1) is 0 Å². The quantitative estimate of drug-likeness (QED) is 0.606. The molecule has 2 aromatic carbocycles. The minimum atomic E-state index is -0.291. The highest BCUT2D eigenvalue weighted by atomic mass is 35.5. The molecule has 2 unspecified atom stereocenters. The highest BCUT2D eigenvalue weighted by molar-refractivity contribution is 6.35. The van der Waals surface area contributed by atoms with Crippen LogP contribution in [0.25, 0.3) is 10.9 Å². The van der Waals surface area contributed by atoms with Crippen molar-refractivity contribution in [3.63, 3.8) is 0 Å². The second kappa shape index (κ2) is 8.15. The lowest BCUT2D eigenvalue weighted by molar-refractivity contribution is -0.118. The first-order chi connectivity index (χ1) is 15.0. The lowest BCUT2D eigenvalue weighted by Crippen LogP contribution is -2.44. The number of ether oxygens (including phenoxy) is 1. The minimum Gasteiger partial charge on any atom is -0.482 e. The third kappa shape index (κ3) is 4.13. The molecule has 3 heterocycles. The van der Waals surface area contributed by atoms with Gasteiger partial charge in [0.1, 0.15) is 5.75 Å². The summed E-state index contributed by atoms with van der Waals surface area (Å²) in [6.45, 7) is 3.73. The molecule has 5 rings (SSSR count). The monoisotopic (exact) mass is 457 g/mol. The average Bonchev–Trinajstić information content (AvgIpc) is 3.37. The van der Waals surface area contributed by atoms with Crippen LogP contribution < -0.4 is 20.3 Å². The zero-order valence-electron chi connectivity index (χ0n) is 16.9. The number of aromatic nitrogens is 2. The molecular formula is C22H21Cl2N5O2. The van der Waals surface area contributed by atoms with Gasteiger partial charge in [0.15, 0.2) is 6.61 Å². The summed E-state index contributed by atoms with van der Waals surface area (Å²) < 4.78 is 5.50. The molecule has 31 heavy (non-hydrogen) atoms. The van der Waals surface area contributed by atoms with Crippen molar-refractivity contribution in [2.24, 2.45) is 0 Å². The van der Waals surface area contributed by atoms with Crippen LogP contribution >= 0.6 is 23.2 Å². The predicted octanol–water partition coefficient (Wildman–Crippen LogP) is 3.81. The van der Waals surface area contributed by atoms with Crippen molar-refractivity contribution in [2.75, 3.05) is 29.9 Å². The minimum absolute atomic E-state index is 0.167. The number of hydrogen-bond acceptors (Lipinski definition) is 6. The molecule has 2 fully saturated rings. The van der Waals surface area contributed by atoms with Gasteiger partial charge in [0.25, 0.3) is 5.91 Å². The predicted molar refractivity (Wildman–Crippen MR) is 122 cm³/mol. The summed E-state index contributed by atoms with van der Waals surface area (Å²) in [5, 5.41) is 8.12. The SMILES string of the molecule is Cc1nc(N2CC3CC2CN3)nc2ccc(NC(=O)COc3ccc(Cl)cc3Cl)cc12. The maximum absolute atomic E-state index is 12.3. The van der Waals surface area contributed by atoms with Crippen molar-refractivity contribution in [1.29, 1.82) is 0 Å². The van der Waals surface area contributed by atoms with Crippen molar-refractivity contribution >= 4 is 51.6 Å². The Morgan fingerprint density at radius 3 is 2.87 bits per heavy atom. The molecule has 0 spiro atoms. The number of halogens is 2. The number of carbonyl (C=O) groups is 1. The molecule has 2 atom stereocenters. The Morgan fingerprint density at radius 1 is 1.26 bits per heavy atom. The van der Waals surface area contributed by atoms with Crippen molar-refractivity contribution in [2.45, 2.75) is 25.4 Å². The number of benzene rings is 2. The molecule has 1 aromatic heterocycles. The summed E-state index contributed by atoms with van der Waals surface area (Å²) in [6, 6.07) is 11.5. The smallest absolute Gasteiger partial charge is 0.262 e. The maximum Gasteiger partial charge on any atom is 0.262 e. The van der Waals surface area contributed by atoms with E-state index in [0.29, 0.717) is 33.6 Å². The fourth-order valence-electron chi connectivity index (χ4n) is 4.21. The van der Waals surface area contributed by atoms with Gasteiger partial charge in [-0.3, -0.25) is 4.79 Å². The van der Waals surface area contributed by atoms with Crippen LogP contribution in [0.15, 0.2) is 36.4 Å². The van der Waals surface area contributed by atoms with Crippen LogP contribution in [0.4, 0.5) is 11.6 Å². The van der Waals surface area contributed by atoms with E-state index in [9.17, 15) is 4.79 Å². The van der Waals surface area contributed by atoms with Crippen LogP contribution in [0.1, 0.15) is 12.1 Å². The number of fused-ring (bicyclic) bond motifs is 3. The number of rotatable bonds is 5. The zero-order valence-corrected chi connectivity index (χ0v) is 18.4. The summed E-state index contributed by atoms with van der Waals surface area (Å²) in [5.74, 6) is 0.896. The molecule has 2 N–H and O–H groups in total. The Balaban J connectivity index is 1.28. The van der Waals surface area contributed by atoms with Gasteiger partial charge in [-0.05, 0) is 49.7 Å². The van der Waals surface area contributed by atoms with Crippen LogP contribution in [-0.2, 0) is 4.79 Å². The summed E-state index contributed by atoms with van der Waals surface area (Å²) in [7, 11) is 0. The number of aryl methyl sites for hydroxylation is 1. The average molecular weight is 458 g/mol. The normalized spacial score (nSPS) is 19.8. The molecule has 7 nitrogen and oxygen atoms in total. The Hall–Kier alpha value is -2.61. The van der Waals surface area contributed by atoms with E-state index in [2.05, 4.69) is 15.5 Å².